The van der Waals surface area contributed by atoms with Crippen LogP contribution < -0.4 is 10.6 Å². The standard InChI is InChI=1S/C49H43N5/c1-3-12-32(13-4-1)47-52-48(33-14-5-2-6-15-33)54-49(53-47)41-29-39(36-21-20-35-27-38(23-22-34(35)26-36)46-50-24-11-25-51-46)28-40(30-41)45-31-37-16-7-8-17-42(37)43-18-9-10-19-44(43)45/h1,3-4,7-8,10-14,16-17,19-21,24-31,47,49,53H,2,5-6,9,15,18,22-23H2,(H,52,54). The minimum atomic E-state index is -0.228. The van der Waals surface area contributed by atoms with Crippen molar-refractivity contribution < 1.29 is 0 Å². The van der Waals surface area contributed by atoms with Gasteiger partial charge in [-0.2, -0.15) is 0 Å². The molecule has 0 bridgehead atoms. The van der Waals surface area contributed by atoms with Gasteiger partial charge in [-0.25, -0.2) is 15.0 Å². The summed E-state index contributed by atoms with van der Waals surface area (Å²) in [6, 6.07) is 38.0. The van der Waals surface area contributed by atoms with Crippen LogP contribution in [-0.4, -0.2) is 15.8 Å². The van der Waals surface area contributed by atoms with E-state index in [2.05, 4.69) is 142 Å². The molecule has 2 N–H and O–H groups in total. The highest BCUT2D eigenvalue weighted by Gasteiger charge is 2.28. The van der Waals surface area contributed by atoms with Crippen molar-refractivity contribution in [2.75, 3.05) is 0 Å². The Morgan fingerprint density at radius 1 is 0.648 bits per heavy atom. The summed E-state index contributed by atoms with van der Waals surface area (Å²) in [4.78, 5) is 14.5. The average molecular weight is 702 g/mol. The van der Waals surface area contributed by atoms with Gasteiger partial charge in [-0.05, 0) is 165 Å². The zero-order valence-corrected chi connectivity index (χ0v) is 30.4. The summed E-state index contributed by atoms with van der Waals surface area (Å²) in [7, 11) is 0. The number of aryl methyl sites for hydroxylation is 2. The molecule has 0 amide bonds. The maximum Gasteiger partial charge on any atom is 0.154 e. The fraction of sp³-hybridized carbons (Fsp3) is 0.204. The van der Waals surface area contributed by atoms with E-state index in [4.69, 9.17) is 4.99 Å². The van der Waals surface area contributed by atoms with Crippen LogP contribution in [0.2, 0.25) is 0 Å². The van der Waals surface area contributed by atoms with E-state index in [0.29, 0.717) is 0 Å². The molecule has 10 rings (SSSR count). The van der Waals surface area contributed by atoms with Gasteiger partial charge < -0.3 is 5.32 Å². The normalized spacial score (nSPS) is 19.2. The Balaban J connectivity index is 1.13. The van der Waals surface area contributed by atoms with Crippen LogP contribution in [0.3, 0.4) is 0 Å². The molecule has 5 nitrogen and oxygen atoms in total. The largest absolute Gasteiger partial charge is 0.351 e. The molecule has 2 atom stereocenters. The zero-order chi connectivity index (χ0) is 35.8. The van der Waals surface area contributed by atoms with Crippen molar-refractivity contribution in [3.63, 3.8) is 0 Å². The first-order valence-corrected chi connectivity index (χ1v) is 19.6. The Morgan fingerprint density at radius 3 is 2.41 bits per heavy atom. The molecule has 0 spiro atoms. The molecule has 2 unspecified atom stereocenters. The SMILES string of the molecule is C1=Cc2c(-c3cc(-c4ccc5c(c4)CCC(c4ncccn4)=C5)cc(C4N=C(C5=CCCCC5)NC(c5ccccc5)N4)c3)cc3ccccc3c2CC1. The van der Waals surface area contributed by atoms with Crippen LogP contribution >= 0.6 is 0 Å². The number of allylic oxidation sites excluding steroid dienone is 3. The van der Waals surface area contributed by atoms with Gasteiger partial charge in [0.2, 0.25) is 0 Å². The second-order valence-corrected chi connectivity index (χ2v) is 15.0. The van der Waals surface area contributed by atoms with Crippen molar-refractivity contribution in [2.24, 2.45) is 4.99 Å². The summed E-state index contributed by atoms with van der Waals surface area (Å²) in [5.41, 5.74) is 15.2. The number of hydrogen-bond acceptors (Lipinski definition) is 5. The Bertz CT molecular complexity index is 2510. The molecular weight excluding hydrogens is 659 g/mol. The molecule has 3 aliphatic carbocycles. The van der Waals surface area contributed by atoms with E-state index in [1.807, 2.05) is 18.5 Å². The van der Waals surface area contributed by atoms with Gasteiger partial charge in [0.15, 0.2) is 5.82 Å². The molecule has 0 radical (unpaired) electrons. The third-order valence-electron chi connectivity index (χ3n) is 11.5. The first-order chi connectivity index (χ1) is 26.7. The number of aromatic nitrogens is 2. The summed E-state index contributed by atoms with van der Waals surface area (Å²) in [6.07, 6.45) is 21.3. The van der Waals surface area contributed by atoms with E-state index in [1.165, 1.54) is 90.4 Å². The predicted octanol–water partition coefficient (Wildman–Crippen LogP) is 11.2. The molecule has 0 fully saturated rings. The van der Waals surface area contributed by atoms with Crippen molar-refractivity contribution in [3.8, 4) is 22.3 Å². The maximum absolute atomic E-state index is 5.46. The van der Waals surface area contributed by atoms with Crippen LogP contribution in [0.5, 0.6) is 0 Å². The van der Waals surface area contributed by atoms with Gasteiger partial charge in [0.05, 0.1) is 0 Å². The molecule has 54 heavy (non-hydrogen) atoms. The molecule has 1 aromatic heterocycles. The first-order valence-electron chi connectivity index (χ1n) is 19.6. The van der Waals surface area contributed by atoms with Crippen LogP contribution in [0.1, 0.15) is 90.1 Å². The molecule has 2 heterocycles. The lowest BCUT2D eigenvalue weighted by Crippen LogP contribution is -2.45. The van der Waals surface area contributed by atoms with Crippen molar-refractivity contribution >= 4 is 34.3 Å². The first kappa shape index (κ1) is 32.7. The quantitative estimate of drug-likeness (QED) is 0.181. The average Bonchev–Trinajstić information content (AvgIpc) is 3.26. The van der Waals surface area contributed by atoms with Crippen molar-refractivity contribution in [1.29, 1.82) is 0 Å². The fourth-order valence-corrected chi connectivity index (χ4v) is 8.78. The van der Waals surface area contributed by atoms with E-state index in [0.717, 1.165) is 50.2 Å². The summed E-state index contributed by atoms with van der Waals surface area (Å²) in [5.74, 6) is 1.84. The van der Waals surface area contributed by atoms with E-state index in [9.17, 15) is 0 Å². The number of rotatable bonds is 6. The topological polar surface area (TPSA) is 62.2 Å². The molecule has 6 aromatic rings. The third-order valence-corrected chi connectivity index (χ3v) is 11.5. The number of nitrogens with one attached hydrogen (secondary N) is 2. The number of hydrogen-bond donors (Lipinski definition) is 2. The van der Waals surface area contributed by atoms with Gasteiger partial charge >= 0.3 is 0 Å². The maximum atomic E-state index is 5.46. The van der Waals surface area contributed by atoms with Gasteiger partial charge in [-0.15, -0.1) is 0 Å². The Hall–Kier alpha value is -5.91. The molecule has 4 aliphatic rings. The second kappa shape index (κ2) is 14.1. The lowest BCUT2D eigenvalue weighted by Gasteiger charge is -2.33. The molecule has 5 aromatic carbocycles. The second-order valence-electron chi connectivity index (χ2n) is 15.0. The van der Waals surface area contributed by atoms with Crippen molar-refractivity contribution in [3.05, 3.63) is 172 Å². The summed E-state index contributed by atoms with van der Waals surface area (Å²) in [6.45, 7) is 0. The van der Waals surface area contributed by atoms with Crippen LogP contribution in [0.15, 0.2) is 138 Å². The summed E-state index contributed by atoms with van der Waals surface area (Å²) >= 11 is 0. The highest BCUT2D eigenvalue weighted by atomic mass is 15.3. The Morgan fingerprint density at radius 2 is 1.52 bits per heavy atom. The number of fused-ring (bicyclic) bond motifs is 4. The molecule has 264 valence electrons. The highest BCUT2D eigenvalue weighted by molar-refractivity contribution is 5.99. The molecular formula is C49H43N5. The van der Waals surface area contributed by atoms with Crippen molar-refractivity contribution in [1.82, 2.24) is 20.6 Å². The molecule has 0 saturated heterocycles. The van der Waals surface area contributed by atoms with Crippen LogP contribution in [-0.2, 0) is 12.8 Å². The van der Waals surface area contributed by atoms with Crippen LogP contribution in [0, 0.1) is 0 Å². The van der Waals surface area contributed by atoms with Gasteiger partial charge in [-0.1, -0.05) is 91.0 Å². The molecule has 0 saturated carbocycles. The highest BCUT2D eigenvalue weighted by Crippen LogP contribution is 2.41. The lowest BCUT2D eigenvalue weighted by molar-refractivity contribution is 0.407. The molecule has 1 aliphatic heterocycles. The van der Waals surface area contributed by atoms with Gasteiger partial charge in [0.1, 0.15) is 18.2 Å². The lowest BCUT2D eigenvalue weighted by atomic mass is 9.84. The molecule has 5 heteroatoms. The number of amidine groups is 1. The minimum absolute atomic E-state index is 0.0617. The minimum Gasteiger partial charge on any atom is -0.351 e. The number of aliphatic imine (C=N–C) groups is 1. The summed E-state index contributed by atoms with van der Waals surface area (Å²) in [5, 5.41) is 10.4. The fourth-order valence-electron chi connectivity index (χ4n) is 8.78. The van der Waals surface area contributed by atoms with Crippen LogP contribution in [0.25, 0.3) is 50.8 Å². The Kier molecular flexibility index (Phi) is 8.57. The van der Waals surface area contributed by atoms with Crippen LogP contribution in [0.4, 0.5) is 0 Å². The van der Waals surface area contributed by atoms with Gasteiger partial charge in [0.25, 0.3) is 0 Å². The third kappa shape index (κ3) is 6.29. The number of benzene rings is 5. The summed E-state index contributed by atoms with van der Waals surface area (Å²) < 4.78 is 0. The predicted molar refractivity (Wildman–Crippen MR) is 223 cm³/mol. The van der Waals surface area contributed by atoms with Gasteiger partial charge in [-0.3, -0.25) is 5.32 Å². The van der Waals surface area contributed by atoms with E-state index < -0.39 is 0 Å². The van der Waals surface area contributed by atoms with Gasteiger partial charge in [0, 0.05) is 12.4 Å². The van der Waals surface area contributed by atoms with Crippen molar-refractivity contribution in [2.45, 2.75) is 63.7 Å². The van der Waals surface area contributed by atoms with E-state index in [-0.39, 0.29) is 12.3 Å². The Labute approximate surface area is 317 Å². The van der Waals surface area contributed by atoms with E-state index in [1.54, 1.807) is 0 Å². The monoisotopic (exact) mass is 701 g/mol. The number of nitrogens with zero attached hydrogens (tertiary/aromatic N) is 3. The van der Waals surface area contributed by atoms with E-state index >= 15 is 0 Å². The smallest absolute Gasteiger partial charge is 0.154 e. The zero-order valence-electron chi connectivity index (χ0n) is 30.4.